The number of aryl methyl sites for hydroxylation is 1. The molecular weight excluding hydrogens is 314 g/mol. The summed E-state index contributed by atoms with van der Waals surface area (Å²) in [5.74, 6) is -0.513. The summed E-state index contributed by atoms with van der Waals surface area (Å²) in [6, 6.07) is 4.43. The van der Waals surface area contributed by atoms with E-state index in [1.54, 1.807) is 7.11 Å². The molecule has 1 heterocycles. The Morgan fingerprint density at radius 3 is 2.92 bits per heavy atom. The zero-order valence-electron chi connectivity index (χ0n) is 13.0. The number of rotatable bonds is 5. The lowest BCUT2D eigenvalue weighted by Crippen LogP contribution is -2.46. The first-order valence-corrected chi connectivity index (χ1v) is 7.44. The van der Waals surface area contributed by atoms with E-state index in [2.05, 4.69) is 10.5 Å². The second-order valence-corrected chi connectivity index (χ2v) is 5.46. The van der Waals surface area contributed by atoms with E-state index < -0.39 is 17.9 Å². The van der Waals surface area contributed by atoms with E-state index in [1.165, 1.54) is 0 Å². The molecule has 0 saturated carbocycles. The van der Waals surface area contributed by atoms with Crippen molar-refractivity contribution in [2.75, 3.05) is 13.7 Å². The molecule has 0 aliphatic heterocycles. The van der Waals surface area contributed by atoms with Gasteiger partial charge < -0.3 is 25.4 Å². The van der Waals surface area contributed by atoms with Crippen LogP contribution in [0, 0.1) is 0 Å². The Labute approximate surface area is 137 Å². The Hall–Kier alpha value is -2.87. The lowest BCUT2D eigenvalue weighted by Gasteiger charge is -2.16. The topological polar surface area (TPSA) is 128 Å². The Kier molecular flexibility index (Phi) is 4.22. The van der Waals surface area contributed by atoms with Gasteiger partial charge in [-0.1, -0.05) is 5.16 Å². The molecule has 1 atom stereocenters. The van der Waals surface area contributed by atoms with Gasteiger partial charge in [0, 0.05) is 17.7 Å². The van der Waals surface area contributed by atoms with Gasteiger partial charge in [0.15, 0.2) is 11.5 Å². The highest BCUT2D eigenvalue weighted by atomic mass is 16.5. The van der Waals surface area contributed by atoms with E-state index in [9.17, 15) is 9.59 Å². The van der Waals surface area contributed by atoms with Crippen LogP contribution in [0.2, 0.25) is 0 Å². The van der Waals surface area contributed by atoms with Crippen molar-refractivity contribution in [2.24, 2.45) is 5.73 Å². The van der Waals surface area contributed by atoms with Gasteiger partial charge >= 0.3 is 5.97 Å². The van der Waals surface area contributed by atoms with E-state index >= 15 is 0 Å². The Balaban J connectivity index is 1.91. The molecule has 0 spiro atoms. The summed E-state index contributed by atoms with van der Waals surface area (Å²) in [7, 11) is 1.60. The van der Waals surface area contributed by atoms with Gasteiger partial charge in [0.2, 0.25) is 0 Å². The van der Waals surface area contributed by atoms with Crippen LogP contribution in [-0.4, -0.2) is 41.8 Å². The van der Waals surface area contributed by atoms with Crippen molar-refractivity contribution in [3.63, 3.8) is 0 Å². The van der Waals surface area contributed by atoms with Crippen molar-refractivity contribution in [3.8, 4) is 17.1 Å². The maximum atomic E-state index is 12.3. The van der Waals surface area contributed by atoms with Crippen LogP contribution in [-0.2, 0) is 17.6 Å². The molecule has 24 heavy (non-hydrogen) atoms. The van der Waals surface area contributed by atoms with E-state index in [0.29, 0.717) is 24.2 Å². The first kappa shape index (κ1) is 16.0. The largest absolute Gasteiger partial charge is 0.497 e. The predicted molar refractivity (Wildman–Crippen MR) is 83.8 cm³/mol. The summed E-state index contributed by atoms with van der Waals surface area (Å²) in [6.45, 7) is -0.205. The van der Waals surface area contributed by atoms with Crippen LogP contribution < -0.4 is 15.8 Å². The van der Waals surface area contributed by atoms with Crippen LogP contribution in [0.5, 0.6) is 5.75 Å². The fraction of sp³-hybridized carbons (Fsp3) is 0.312. The number of nitrogens with one attached hydrogen (secondary N) is 1. The van der Waals surface area contributed by atoms with Gasteiger partial charge in [0.25, 0.3) is 5.91 Å². The zero-order valence-corrected chi connectivity index (χ0v) is 13.0. The van der Waals surface area contributed by atoms with Crippen molar-refractivity contribution in [2.45, 2.75) is 18.9 Å². The molecule has 8 nitrogen and oxygen atoms in total. The lowest BCUT2D eigenvalue weighted by molar-refractivity contribution is -0.138. The standard InChI is InChI=1S/C16H17N3O5/c1-23-9-3-5-10-8(6-9)2-4-11-13(19-24-14(10)11)15(20)18-12(7-17)16(21)22/h3,5-6,12H,2,4,7,17H2,1H3,(H,18,20)(H,21,22)/t12-/m0/s1. The third-order valence-corrected chi connectivity index (χ3v) is 4.04. The van der Waals surface area contributed by atoms with Crippen LogP contribution in [0.4, 0.5) is 0 Å². The molecule has 0 unspecified atom stereocenters. The summed E-state index contributed by atoms with van der Waals surface area (Å²) in [6.07, 6.45) is 1.28. The number of nitrogens with zero attached hydrogens (tertiary/aromatic N) is 1. The van der Waals surface area contributed by atoms with Gasteiger partial charge in [-0.15, -0.1) is 0 Å². The number of carbonyl (C=O) groups excluding carboxylic acids is 1. The highest BCUT2D eigenvalue weighted by Gasteiger charge is 2.29. The second kappa shape index (κ2) is 6.32. The van der Waals surface area contributed by atoms with Crippen LogP contribution in [0.1, 0.15) is 21.6 Å². The number of benzene rings is 1. The number of amides is 1. The molecule has 0 bridgehead atoms. The average Bonchev–Trinajstić information content (AvgIpc) is 3.03. The number of fused-ring (bicyclic) bond motifs is 3. The monoisotopic (exact) mass is 331 g/mol. The maximum absolute atomic E-state index is 12.3. The highest BCUT2D eigenvalue weighted by molar-refractivity contribution is 5.97. The molecule has 126 valence electrons. The number of nitrogens with two attached hydrogens (primary N) is 1. The molecule has 2 aromatic rings. The smallest absolute Gasteiger partial charge is 0.327 e. The van der Waals surface area contributed by atoms with Gasteiger partial charge in [-0.25, -0.2) is 4.79 Å². The quantitative estimate of drug-likeness (QED) is 0.731. The number of hydrogen-bond donors (Lipinski definition) is 3. The summed E-state index contributed by atoms with van der Waals surface area (Å²) in [5.41, 5.74) is 8.04. The van der Waals surface area contributed by atoms with Crippen LogP contribution in [0.15, 0.2) is 22.7 Å². The van der Waals surface area contributed by atoms with Gasteiger partial charge in [-0.3, -0.25) is 4.79 Å². The zero-order chi connectivity index (χ0) is 17.3. The average molecular weight is 331 g/mol. The number of carboxylic acid groups (broad SMARTS) is 1. The Morgan fingerprint density at radius 2 is 2.25 bits per heavy atom. The summed E-state index contributed by atoms with van der Waals surface area (Å²) in [4.78, 5) is 23.3. The van der Waals surface area contributed by atoms with Crippen molar-refractivity contribution >= 4 is 11.9 Å². The minimum Gasteiger partial charge on any atom is -0.497 e. The number of hydrogen-bond acceptors (Lipinski definition) is 6. The fourth-order valence-corrected chi connectivity index (χ4v) is 2.76. The number of aromatic nitrogens is 1. The number of carbonyl (C=O) groups is 2. The van der Waals surface area contributed by atoms with E-state index in [1.807, 2.05) is 18.2 Å². The predicted octanol–water partition coefficient (Wildman–Crippen LogP) is 0.591. The SMILES string of the molecule is COc1ccc2c(c1)CCc1c(C(=O)N[C@@H](CN)C(=O)O)noc1-2. The van der Waals surface area contributed by atoms with Crippen LogP contribution >= 0.6 is 0 Å². The molecule has 1 amide bonds. The van der Waals surface area contributed by atoms with Gasteiger partial charge in [0.05, 0.1) is 7.11 Å². The van der Waals surface area contributed by atoms with E-state index in [-0.39, 0.29) is 12.2 Å². The number of carboxylic acids is 1. The van der Waals surface area contributed by atoms with Crippen molar-refractivity contribution < 1.29 is 24.0 Å². The minimum absolute atomic E-state index is 0.103. The van der Waals surface area contributed by atoms with Gasteiger partial charge in [-0.2, -0.15) is 0 Å². The molecular formula is C16H17N3O5. The van der Waals surface area contributed by atoms with Crippen molar-refractivity contribution in [1.29, 1.82) is 0 Å². The van der Waals surface area contributed by atoms with Gasteiger partial charge in [-0.05, 0) is 36.6 Å². The maximum Gasteiger partial charge on any atom is 0.327 e. The van der Waals surface area contributed by atoms with Gasteiger partial charge in [0.1, 0.15) is 11.8 Å². The molecule has 1 aromatic heterocycles. The highest BCUT2D eigenvalue weighted by Crippen LogP contribution is 2.36. The second-order valence-electron chi connectivity index (χ2n) is 5.46. The number of ether oxygens (including phenoxy) is 1. The normalized spacial score (nSPS) is 13.6. The molecule has 0 saturated heterocycles. The van der Waals surface area contributed by atoms with E-state index in [0.717, 1.165) is 16.9 Å². The third kappa shape index (κ3) is 2.71. The molecule has 4 N–H and O–H groups in total. The van der Waals surface area contributed by atoms with Crippen molar-refractivity contribution in [3.05, 3.63) is 35.0 Å². The first-order valence-electron chi connectivity index (χ1n) is 7.44. The summed E-state index contributed by atoms with van der Waals surface area (Å²) < 4.78 is 10.6. The molecule has 0 fully saturated rings. The first-order chi connectivity index (χ1) is 11.5. The third-order valence-electron chi connectivity index (χ3n) is 4.04. The summed E-state index contributed by atoms with van der Waals surface area (Å²) in [5, 5.41) is 15.2. The molecule has 1 aliphatic rings. The van der Waals surface area contributed by atoms with Crippen LogP contribution in [0.25, 0.3) is 11.3 Å². The molecule has 1 aromatic carbocycles. The summed E-state index contributed by atoms with van der Waals surface area (Å²) >= 11 is 0. The lowest BCUT2D eigenvalue weighted by atomic mass is 9.89. The molecule has 3 rings (SSSR count). The van der Waals surface area contributed by atoms with E-state index in [4.69, 9.17) is 20.1 Å². The molecule has 8 heteroatoms. The molecule has 1 aliphatic carbocycles. The van der Waals surface area contributed by atoms with Crippen molar-refractivity contribution in [1.82, 2.24) is 10.5 Å². The Morgan fingerprint density at radius 1 is 1.46 bits per heavy atom. The fourth-order valence-electron chi connectivity index (χ4n) is 2.76. The Bertz CT molecular complexity index is 799. The minimum atomic E-state index is -1.19. The molecule has 0 radical (unpaired) electrons. The number of methoxy groups -OCH3 is 1. The number of aliphatic carboxylic acids is 1. The van der Waals surface area contributed by atoms with Crippen LogP contribution in [0.3, 0.4) is 0 Å².